The van der Waals surface area contributed by atoms with Gasteiger partial charge in [0.15, 0.2) is 11.3 Å². The first-order chi connectivity index (χ1) is 10.7. The minimum Gasteiger partial charge on any atom is -0.396 e. The summed E-state index contributed by atoms with van der Waals surface area (Å²) in [5.74, 6) is 0. The molecule has 6 nitrogen and oxygen atoms in total. The van der Waals surface area contributed by atoms with Crippen molar-refractivity contribution in [3.63, 3.8) is 0 Å². The first-order valence-electron chi connectivity index (χ1n) is 7.70. The van der Waals surface area contributed by atoms with Crippen molar-refractivity contribution in [1.29, 1.82) is 0 Å². The van der Waals surface area contributed by atoms with Crippen molar-refractivity contribution in [3.8, 4) is 0 Å². The SMILES string of the molecule is CC1CCCN1C1(c2cc(N)c3nccn3n2)C=CC=CN1. The largest absolute Gasteiger partial charge is 0.396 e. The van der Waals surface area contributed by atoms with Gasteiger partial charge in [-0.1, -0.05) is 6.08 Å². The number of aromatic nitrogens is 3. The molecular weight excluding hydrogens is 276 g/mol. The van der Waals surface area contributed by atoms with Crippen LogP contribution in [0.15, 0.2) is 42.9 Å². The summed E-state index contributed by atoms with van der Waals surface area (Å²) in [6.07, 6.45) is 14.2. The maximum absolute atomic E-state index is 6.19. The average molecular weight is 296 g/mol. The van der Waals surface area contributed by atoms with Gasteiger partial charge >= 0.3 is 0 Å². The van der Waals surface area contributed by atoms with E-state index in [4.69, 9.17) is 10.8 Å². The average Bonchev–Trinajstić information content (AvgIpc) is 3.17. The summed E-state index contributed by atoms with van der Waals surface area (Å²) in [6.45, 7) is 3.30. The molecule has 1 fully saturated rings. The first-order valence-corrected chi connectivity index (χ1v) is 7.70. The molecule has 0 amide bonds. The molecule has 2 atom stereocenters. The molecule has 2 aliphatic rings. The molecule has 0 aromatic carbocycles. The zero-order chi connectivity index (χ0) is 15.2. The molecule has 0 aliphatic carbocycles. The number of hydrogen-bond donors (Lipinski definition) is 2. The van der Waals surface area contributed by atoms with E-state index in [1.807, 2.05) is 24.5 Å². The quantitative estimate of drug-likeness (QED) is 0.881. The van der Waals surface area contributed by atoms with Gasteiger partial charge in [0.25, 0.3) is 0 Å². The highest BCUT2D eigenvalue weighted by atomic mass is 15.4. The van der Waals surface area contributed by atoms with Gasteiger partial charge in [-0.3, -0.25) is 4.90 Å². The smallest absolute Gasteiger partial charge is 0.176 e. The summed E-state index contributed by atoms with van der Waals surface area (Å²) in [4.78, 5) is 6.71. The summed E-state index contributed by atoms with van der Waals surface area (Å²) in [6, 6.07) is 2.43. The summed E-state index contributed by atoms with van der Waals surface area (Å²) < 4.78 is 1.75. The zero-order valence-electron chi connectivity index (χ0n) is 12.6. The summed E-state index contributed by atoms with van der Waals surface area (Å²) in [5.41, 5.74) is 7.98. The van der Waals surface area contributed by atoms with E-state index in [-0.39, 0.29) is 0 Å². The van der Waals surface area contributed by atoms with Crippen LogP contribution in [0.25, 0.3) is 5.65 Å². The Bertz CT molecular complexity index is 761. The molecule has 4 rings (SSSR count). The third-order valence-electron chi connectivity index (χ3n) is 4.63. The Morgan fingerprint density at radius 1 is 1.41 bits per heavy atom. The van der Waals surface area contributed by atoms with Gasteiger partial charge in [-0.05, 0) is 44.2 Å². The molecule has 2 aromatic rings. The summed E-state index contributed by atoms with van der Waals surface area (Å²) >= 11 is 0. The van der Waals surface area contributed by atoms with E-state index in [1.165, 1.54) is 12.8 Å². The number of nitrogens with two attached hydrogens (primary N) is 1. The van der Waals surface area contributed by atoms with Crippen LogP contribution in [0, 0.1) is 0 Å². The monoisotopic (exact) mass is 296 g/mol. The number of nitrogens with one attached hydrogen (secondary N) is 1. The van der Waals surface area contributed by atoms with Gasteiger partial charge in [-0.15, -0.1) is 0 Å². The molecule has 114 valence electrons. The minimum atomic E-state index is -0.447. The van der Waals surface area contributed by atoms with Crippen molar-refractivity contribution in [2.24, 2.45) is 0 Å². The van der Waals surface area contributed by atoms with Crippen molar-refractivity contribution in [2.45, 2.75) is 31.5 Å². The highest BCUT2D eigenvalue weighted by molar-refractivity contribution is 5.64. The number of dihydropyridines is 1. The van der Waals surface area contributed by atoms with E-state index >= 15 is 0 Å². The number of fused-ring (bicyclic) bond motifs is 1. The van der Waals surface area contributed by atoms with Crippen LogP contribution in [-0.4, -0.2) is 32.1 Å². The van der Waals surface area contributed by atoms with Gasteiger partial charge in [0, 0.05) is 25.0 Å². The van der Waals surface area contributed by atoms with Crippen LogP contribution in [0.1, 0.15) is 25.5 Å². The maximum Gasteiger partial charge on any atom is 0.176 e. The number of imidazole rings is 1. The summed E-state index contributed by atoms with van der Waals surface area (Å²) in [5, 5.41) is 8.27. The van der Waals surface area contributed by atoms with Gasteiger partial charge in [0.05, 0.1) is 5.69 Å². The lowest BCUT2D eigenvalue weighted by Gasteiger charge is -2.42. The van der Waals surface area contributed by atoms with Crippen LogP contribution in [0.4, 0.5) is 5.69 Å². The lowest BCUT2D eigenvalue weighted by atomic mass is 9.99. The Labute approximate surface area is 129 Å². The molecule has 6 heteroatoms. The highest BCUT2D eigenvalue weighted by Gasteiger charge is 2.42. The fourth-order valence-electron chi connectivity index (χ4n) is 3.54. The van der Waals surface area contributed by atoms with E-state index < -0.39 is 5.66 Å². The van der Waals surface area contributed by atoms with Crippen LogP contribution < -0.4 is 11.1 Å². The van der Waals surface area contributed by atoms with Crippen molar-refractivity contribution in [3.05, 3.63) is 48.6 Å². The molecule has 22 heavy (non-hydrogen) atoms. The van der Waals surface area contributed by atoms with Crippen LogP contribution in [0.3, 0.4) is 0 Å². The standard InChI is InChI=1S/C16H20N6/c1-12-5-4-9-21(12)16(6-2-3-7-19-16)14-11-13(17)15-18-8-10-22(15)20-14/h2-3,6-8,10-12,19H,4-5,9,17H2,1H3. The fourth-order valence-corrected chi connectivity index (χ4v) is 3.54. The molecular formula is C16H20N6. The molecule has 0 saturated carbocycles. The number of nitrogens with zero attached hydrogens (tertiary/aromatic N) is 4. The van der Waals surface area contributed by atoms with Gasteiger partial charge in [-0.25, -0.2) is 9.50 Å². The zero-order valence-corrected chi connectivity index (χ0v) is 12.6. The van der Waals surface area contributed by atoms with Gasteiger partial charge < -0.3 is 11.1 Å². The molecule has 3 N–H and O–H groups in total. The lowest BCUT2D eigenvalue weighted by molar-refractivity contribution is 0.0957. The minimum absolute atomic E-state index is 0.447. The highest BCUT2D eigenvalue weighted by Crippen LogP contribution is 2.35. The number of rotatable bonds is 2. The maximum atomic E-state index is 6.19. The predicted molar refractivity (Wildman–Crippen MR) is 85.9 cm³/mol. The van der Waals surface area contributed by atoms with E-state index in [9.17, 15) is 0 Å². The number of hydrogen-bond acceptors (Lipinski definition) is 5. The van der Waals surface area contributed by atoms with Gasteiger partial charge in [0.2, 0.25) is 0 Å². The van der Waals surface area contributed by atoms with Crippen molar-refractivity contribution < 1.29 is 0 Å². The predicted octanol–water partition coefficient (Wildman–Crippen LogP) is 1.62. The van der Waals surface area contributed by atoms with Gasteiger partial charge in [0.1, 0.15) is 5.69 Å². The Balaban J connectivity index is 1.89. The fraction of sp³-hybridized carbons (Fsp3) is 0.375. The van der Waals surface area contributed by atoms with Crippen LogP contribution in [0.5, 0.6) is 0 Å². The number of allylic oxidation sites excluding steroid dienone is 2. The molecule has 4 heterocycles. The normalized spacial score (nSPS) is 28.3. The third-order valence-corrected chi connectivity index (χ3v) is 4.63. The Morgan fingerprint density at radius 3 is 3.05 bits per heavy atom. The number of likely N-dealkylation sites (tertiary alicyclic amines) is 1. The topological polar surface area (TPSA) is 71.5 Å². The van der Waals surface area contributed by atoms with Crippen LogP contribution in [-0.2, 0) is 5.66 Å². The first kappa shape index (κ1) is 13.3. The van der Waals surface area contributed by atoms with Gasteiger partial charge in [-0.2, -0.15) is 5.10 Å². The molecule has 1 saturated heterocycles. The number of nitrogen functional groups attached to an aromatic ring is 1. The van der Waals surface area contributed by atoms with Crippen molar-refractivity contribution >= 4 is 11.3 Å². The molecule has 2 unspecified atom stereocenters. The molecule has 2 aliphatic heterocycles. The molecule has 0 radical (unpaired) electrons. The van der Waals surface area contributed by atoms with E-state index in [1.54, 1.807) is 10.7 Å². The molecule has 2 aromatic heterocycles. The second-order valence-electron chi connectivity index (χ2n) is 5.99. The van der Waals surface area contributed by atoms with Crippen molar-refractivity contribution in [1.82, 2.24) is 24.8 Å². The van der Waals surface area contributed by atoms with Crippen LogP contribution >= 0.6 is 0 Å². The van der Waals surface area contributed by atoms with E-state index in [2.05, 4.69) is 34.3 Å². The Kier molecular flexibility index (Phi) is 2.94. The lowest BCUT2D eigenvalue weighted by Crippen LogP contribution is -2.55. The number of anilines is 1. The van der Waals surface area contributed by atoms with E-state index in [0.717, 1.165) is 12.2 Å². The van der Waals surface area contributed by atoms with Crippen molar-refractivity contribution in [2.75, 3.05) is 12.3 Å². The van der Waals surface area contributed by atoms with Crippen LogP contribution in [0.2, 0.25) is 0 Å². The van der Waals surface area contributed by atoms with E-state index in [0.29, 0.717) is 17.4 Å². The molecule has 0 spiro atoms. The Hall–Kier alpha value is -2.34. The third kappa shape index (κ3) is 1.84. The Morgan fingerprint density at radius 2 is 2.32 bits per heavy atom. The second-order valence-corrected chi connectivity index (χ2v) is 5.99. The second kappa shape index (κ2) is 4.84. The summed E-state index contributed by atoms with van der Waals surface area (Å²) in [7, 11) is 0. The molecule has 0 bridgehead atoms.